The first-order valence-corrected chi connectivity index (χ1v) is 9.33. The maximum Gasteiger partial charge on any atom is 0.251 e. The molecular weight excluding hydrogens is 366 g/mol. The van der Waals surface area contributed by atoms with Crippen LogP contribution in [0.25, 0.3) is 22.0 Å². The number of benzene rings is 1. The topological polar surface area (TPSA) is 70.2 Å². The predicted molar refractivity (Wildman–Crippen MR) is 112 cm³/mol. The van der Waals surface area contributed by atoms with Crippen LogP contribution in [-0.4, -0.2) is 21.3 Å². The summed E-state index contributed by atoms with van der Waals surface area (Å²) < 4.78 is 13.1. The number of hydrogen-bond acceptors (Lipinski definition) is 5. The third-order valence-electron chi connectivity index (χ3n) is 4.80. The Morgan fingerprint density at radius 1 is 1.14 bits per heavy atom. The summed E-state index contributed by atoms with van der Waals surface area (Å²) >= 11 is 0. The third-order valence-corrected chi connectivity index (χ3v) is 4.80. The average molecular weight is 387 g/mol. The maximum absolute atomic E-state index is 12.9. The molecule has 0 unspecified atom stereocenters. The van der Waals surface area contributed by atoms with Crippen molar-refractivity contribution in [2.24, 2.45) is 0 Å². The van der Waals surface area contributed by atoms with Crippen LogP contribution in [0.2, 0.25) is 0 Å². The van der Waals surface area contributed by atoms with Crippen LogP contribution in [0.3, 0.4) is 0 Å². The smallest absolute Gasteiger partial charge is 0.251 e. The Morgan fingerprint density at radius 2 is 1.97 bits per heavy atom. The van der Waals surface area contributed by atoms with Gasteiger partial charge in [0.15, 0.2) is 0 Å². The molecular formula is C23H21N3O3. The third kappa shape index (κ3) is 3.45. The average Bonchev–Trinajstić information content (AvgIpc) is 3.06. The highest BCUT2D eigenvalue weighted by molar-refractivity contribution is 5.98. The summed E-state index contributed by atoms with van der Waals surface area (Å²) in [6, 6.07) is 12.9. The van der Waals surface area contributed by atoms with Crippen molar-refractivity contribution < 1.29 is 9.26 Å². The summed E-state index contributed by atoms with van der Waals surface area (Å²) in [4.78, 5) is 17.3. The van der Waals surface area contributed by atoms with Gasteiger partial charge in [-0.1, -0.05) is 23.9 Å². The molecule has 3 aromatic heterocycles. The summed E-state index contributed by atoms with van der Waals surface area (Å²) in [5.74, 6) is 1.31. The molecule has 0 atom stereocenters. The van der Waals surface area contributed by atoms with Crippen LogP contribution < -0.4 is 10.3 Å². The first-order valence-electron chi connectivity index (χ1n) is 9.33. The van der Waals surface area contributed by atoms with E-state index >= 15 is 0 Å². The normalized spacial score (nSPS) is 11.0. The van der Waals surface area contributed by atoms with E-state index in [1.807, 2.05) is 50.2 Å². The lowest BCUT2D eigenvalue weighted by Crippen LogP contribution is -2.21. The van der Waals surface area contributed by atoms with Gasteiger partial charge in [0, 0.05) is 12.3 Å². The lowest BCUT2D eigenvalue weighted by atomic mass is 9.98. The summed E-state index contributed by atoms with van der Waals surface area (Å²) in [7, 11) is 0. The van der Waals surface area contributed by atoms with Gasteiger partial charge >= 0.3 is 0 Å². The van der Waals surface area contributed by atoms with Crippen molar-refractivity contribution in [3.8, 4) is 16.9 Å². The van der Waals surface area contributed by atoms with Gasteiger partial charge in [0.2, 0.25) is 0 Å². The number of ether oxygens (including phenoxy) is 1. The van der Waals surface area contributed by atoms with Crippen LogP contribution >= 0.6 is 0 Å². The van der Waals surface area contributed by atoms with Gasteiger partial charge < -0.3 is 13.8 Å². The summed E-state index contributed by atoms with van der Waals surface area (Å²) in [6.07, 6.45) is 3.41. The predicted octanol–water partition coefficient (Wildman–Crippen LogP) is 4.28. The molecule has 29 heavy (non-hydrogen) atoms. The lowest BCUT2D eigenvalue weighted by molar-refractivity contribution is 0.364. The number of aryl methyl sites for hydroxylation is 2. The molecule has 1 aromatic carbocycles. The van der Waals surface area contributed by atoms with Gasteiger partial charge in [-0.15, -0.1) is 0 Å². The van der Waals surface area contributed by atoms with E-state index in [4.69, 9.17) is 9.26 Å². The highest BCUT2D eigenvalue weighted by Gasteiger charge is 2.22. The molecule has 0 bridgehead atoms. The molecule has 0 aliphatic rings. The van der Waals surface area contributed by atoms with Crippen LogP contribution in [-0.2, 0) is 6.54 Å². The molecule has 0 N–H and O–H groups in total. The van der Waals surface area contributed by atoms with Crippen LogP contribution in [0.15, 0.2) is 70.6 Å². The molecule has 0 fully saturated rings. The maximum atomic E-state index is 12.9. The van der Waals surface area contributed by atoms with Crippen LogP contribution in [0.4, 0.5) is 0 Å². The molecule has 146 valence electrons. The molecule has 3 heterocycles. The van der Waals surface area contributed by atoms with E-state index in [1.54, 1.807) is 22.9 Å². The van der Waals surface area contributed by atoms with E-state index in [0.29, 0.717) is 24.7 Å². The van der Waals surface area contributed by atoms with E-state index in [9.17, 15) is 4.79 Å². The second-order valence-electron chi connectivity index (χ2n) is 6.75. The Bertz CT molecular complexity index is 1220. The van der Waals surface area contributed by atoms with Gasteiger partial charge in [0.1, 0.15) is 18.1 Å². The minimum Gasteiger partial charge on any atom is -0.489 e. The van der Waals surface area contributed by atoms with Gasteiger partial charge in [0.25, 0.3) is 5.56 Å². The molecule has 6 nitrogen and oxygen atoms in total. The fraction of sp³-hybridized carbons (Fsp3) is 0.174. The minimum atomic E-state index is -0.114. The van der Waals surface area contributed by atoms with Crippen molar-refractivity contribution in [1.82, 2.24) is 14.7 Å². The lowest BCUT2D eigenvalue weighted by Gasteiger charge is -2.17. The largest absolute Gasteiger partial charge is 0.489 e. The number of aromatic nitrogens is 3. The Kier molecular flexibility index (Phi) is 4.99. The summed E-state index contributed by atoms with van der Waals surface area (Å²) in [5.41, 5.74) is 3.80. The number of pyridine rings is 2. The second-order valence-corrected chi connectivity index (χ2v) is 6.75. The molecule has 0 saturated carbocycles. The van der Waals surface area contributed by atoms with E-state index in [0.717, 1.165) is 33.4 Å². The van der Waals surface area contributed by atoms with Crippen LogP contribution in [0.5, 0.6) is 5.75 Å². The van der Waals surface area contributed by atoms with E-state index in [2.05, 4.69) is 16.7 Å². The zero-order valence-electron chi connectivity index (χ0n) is 16.4. The Balaban J connectivity index is 2.07. The first kappa shape index (κ1) is 18.7. The van der Waals surface area contributed by atoms with E-state index in [1.165, 1.54) is 0 Å². The summed E-state index contributed by atoms with van der Waals surface area (Å²) in [5, 5.41) is 5.02. The van der Waals surface area contributed by atoms with Gasteiger partial charge in [-0.3, -0.25) is 9.78 Å². The monoisotopic (exact) mass is 387 g/mol. The van der Waals surface area contributed by atoms with Crippen molar-refractivity contribution in [3.05, 3.63) is 88.8 Å². The number of fused-ring (bicyclic) bond motifs is 1. The quantitative estimate of drug-likeness (QED) is 0.462. The fourth-order valence-corrected chi connectivity index (χ4v) is 3.54. The zero-order chi connectivity index (χ0) is 20.4. The van der Waals surface area contributed by atoms with Crippen molar-refractivity contribution in [2.45, 2.75) is 20.4 Å². The fourth-order valence-electron chi connectivity index (χ4n) is 3.54. The molecule has 0 aliphatic heterocycles. The first-order chi connectivity index (χ1) is 14.1. The van der Waals surface area contributed by atoms with Crippen LogP contribution in [0, 0.1) is 13.8 Å². The minimum absolute atomic E-state index is 0.114. The van der Waals surface area contributed by atoms with Gasteiger partial charge in [-0.05, 0) is 49.6 Å². The van der Waals surface area contributed by atoms with Crippen molar-refractivity contribution >= 4 is 10.9 Å². The molecule has 4 rings (SSSR count). The number of rotatable bonds is 6. The second kappa shape index (κ2) is 7.75. The highest BCUT2D eigenvalue weighted by Crippen LogP contribution is 2.40. The number of hydrogen-bond donors (Lipinski definition) is 0. The molecule has 0 radical (unpaired) electrons. The van der Waals surface area contributed by atoms with Gasteiger partial charge in [0.05, 0.1) is 34.6 Å². The highest BCUT2D eigenvalue weighted by atomic mass is 16.5. The van der Waals surface area contributed by atoms with E-state index in [-0.39, 0.29) is 5.56 Å². The molecule has 0 amide bonds. The summed E-state index contributed by atoms with van der Waals surface area (Å²) in [6.45, 7) is 8.16. The van der Waals surface area contributed by atoms with E-state index < -0.39 is 0 Å². The molecule has 0 spiro atoms. The Morgan fingerprint density at radius 3 is 2.66 bits per heavy atom. The Labute approximate surface area is 168 Å². The SMILES string of the molecule is C=CCOc1ccc2ccc(=O)n(Cc3ccccn3)c2c1-c1c(C)noc1C. The van der Waals surface area contributed by atoms with Crippen molar-refractivity contribution in [3.63, 3.8) is 0 Å². The Hall–Kier alpha value is -3.67. The van der Waals surface area contributed by atoms with Gasteiger partial charge in [-0.2, -0.15) is 0 Å². The standard InChI is InChI=1S/C23H21N3O3/c1-4-13-28-19-10-8-17-9-11-20(27)26(14-18-7-5-6-12-24-18)23(17)22(19)21-15(2)25-29-16(21)3/h4-12H,1,13-14H2,2-3H3. The van der Waals surface area contributed by atoms with Crippen molar-refractivity contribution in [2.75, 3.05) is 6.61 Å². The molecule has 0 aliphatic carbocycles. The van der Waals surface area contributed by atoms with Crippen molar-refractivity contribution in [1.29, 1.82) is 0 Å². The van der Waals surface area contributed by atoms with Crippen LogP contribution in [0.1, 0.15) is 17.1 Å². The molecule has 4 aromatic rings. The molecule has 6 heteroatoms. The van der Waals surface area contributed by atoms with Gasteiger partial charge in [-0.25, -0.2) is 0 Å². The number of nitrogens with zero attached hydrogens (tertiary/aromatic N) is 3. The molecule has 0 saturated heterocycles. The zero-order valence-corrected chi connectivity index (χ0v) is 16.4.